The normalized spacial score (nSPS) is 22.0. The third-order valence-corrected chi connectivity index (χ3v) is 7.29. The van der Waals surface area contributed by atoms with Crippen LogP contribution in [0.5, 0.6) is 6.01 Å². The largest absolute Gasteiger partial charge is 0.467 e. The van der Waals surface area contributed by atoms with Crippen molar-refractivity contribution in [2.45, 2.75) is 57.9 Å². The average molecular weight is 557 g/mol. The summed E-state index contributed by atoms with van der Waals surface area (Å²) in [6.07, 6.45) is 0.215. The summed E-state index contributed by atoms with van der Waals surface area (Å²) in [6.45, 7) is 9.26. The highest BCUT2D eigenvalue weighted by Crippen LogP contribution is 2.36. The fourth-order valence-electron chi connectivity index (χ4n) is 5.33. The Morgan fingerprint density at radius 2 is 1.95 bits per heavy atom. The summed E-state index contributed by atoms with van der Waals surface area (Å²) >= 11 is 0. The molecule has 1 amide bonds. The monoisotopic (exact) mass is 556 g/mol. The Labute approximate surface area is 232 Å². The fraction of sp³-hybridized carbons (Fsp3) is 0.571. The number of fused-ring (bicyclic) bond motifs is 1. The molecule has 3 atom stereocenters. The van der Waals surface area contributed by atoms with Crippen molar-refractivity contribution in [3.63, 3.8) is 0 Å². The number of morpholine rings is 1. The average Bonchev–Trinajstić information content (AvgIpc) is 3.34. The van der Waals surface area contributed by atoms with E-state index < -0.39 is 17.9 Å². The van der Waals surface area contributed by atoms with Crippen LogP contribution in [-0.4, -0.2) is 100 Å². The van der Waals surface area contributed by atoms with Crippen molar-refractivity contribution in [1.82, 2.24) is 24.6 Å². The van der Waals surface area contributed by atoms with E-state index in [1.807, 2.05) is 30.0 Å². The van der Waals surface area contributed by atoms with Crippen LogP contribution in [0.15, 0.2) is 24.4 Å². The van der Waals surface area contributed by atoms with Crippen LogP contribution in [0.3, 0.4) is 0 Å². The van der Waals surface area contributed by atoms with Crippen LogP contribution in [0.4, 0.5) is 15.0 Å². The minimum atomic E-state index is -1.24. The molecule has 1 aromatic carbocycles. The minimum absolute atomic E-state index is 0.0167. The van der Waals surface area contributed by atoms with Crippen LogP contribution in [0.2, 0.25) is 0 Å². The topological polar surface area (TPSA) is 115 Å². The van der Waals surface area contributed by atoms with Gasteiger partial charge in [-0.3, -0.25) is 0 Å². The van der Waals surface area contributed by atoms with E-state index in [0.29, 0.717) is 44.3 Å². The molecule has 0 bridgehead atoms. The lowest BCUT2D eigenvalue weighted by molar-refractivity contribution is 0.00333. The molecule has 1 N–H and O–H groups in total. The number of aryl methyl sites for hydroxylation is 1. The Morgan fingerprint density at radius 1 is 1.18 bits per heavy atom. The first-order valence-electron chi connectivity index (χ1n) is 13.6. The summed E-state index contributed by atoms with van der Waals surface area (Å²) in [6, 6.07) is 6.00. The number of carbonyl (C=O) groups is 1. The highest BCUT2D eigenvalue weighted by molar-refractivity contribution is 5.82. The Bertz CT molecular complexity index is 1380. The number of nitrogens with zero attached hydrogens (tertiary/aromatic N) is 6. The smallest absolute Gasteiger partial charge is 0.410 e. The van der Waals surface area contributed by atoms with Gasteiger partial charge in [0.1, 0.15) is 17.6 Å². The SMILES string of the molecule is COc1nc(N2CCO[C@@H](CO)C2)cc(-n2ncc3cc(C)c([C@H]4CCN(C(=O)OC(C)(C)C)C[C@H]4F)cc32)n1. The van der Waals surface area contributed by atoms with Crippen molar-refractivity contribution < 1.29 is 28.5 Å². The molecule has 0 radical (unpaired) electrons. The molecule has 0 aliphatic carbocycles. The second-order valence-electron chi connectivity index (χ2n) is 11.4. The number of alkyl halides is 1. The second kappa shape index (κ2) is 11.2. The molecule has 4 heterocycles. The Balaban J connectivity index is 1.45. The lowest BCUT2D eigenvalue weighted by Crippen LogP contribution is -2.46. The molecule has 2 aliphatic rings. The number of benzene rings is 1. The van der Waals surface area contributed by atoms with E-state index in [0.717, 1.165) is 22.0 Å². The number of halogens is 1. The molecule has 11 nitrogen and oxygen atoms in total. The van der Waals surface area contributed by atoms with Gasteiger partial charge in [-0.1, -0.05) is 0 Å². The quantitative estimate of drug-likeness (QED) is 0.505. The lowest BCUT2D eigenvalue weighted by atomic mass is 9.85. The van der Waals surface area contributed by atoms with Gasteiger partial charge >= 0.3 is 12.1 Å². The number of hydrogen-bond acceptors (Lipinski definition) is 9. The number of aliphatic hydroxyl groups excluding tert-OH is 1. The maximum Gasteiger partial charge on any atom is 0.410 e. The van der Waals surface area contributed by atoms with Gasteiger partial charge in [-0.15, -0.1) is 0 Å². The summed E-state index contributed by atoms with van der Waals surface area (Å²) in [5.74, 6) is 0.777. The molecule has 2 saturated heterocycles. The third-order valence-electron chi connectivity index (χ3n) is 7.29. The zero-order chi connectivity index (χ0) is 28.6. The molecule has 0 saturated carbocycles. The molecule has 2 fully saturated rings. The Hall–Kier alpha value is -3.51. The van der Waals surface area contributed by atoms with Crippen molar-refractivity contribution in [2.24, 2.45) is 0 Å². The van der Waals surface area contributed by atoms with E-state index in [1.165, 1.54) is 12.0 Å². The Kier molecular flexibility index (Phi) is 7.83. The van der Waals surface area contributed by atoms with Gasteiger partial charge in [0.2, 0.25) is 0 Å². The van der Waals surface area contributed by atoms with Crippen LogP contribution in [0.25, 0.3) is 16.7 Å². The number of aliphatic hydroxyl groups is 1. The van der Waals surface area contributed by atoms with Crippen molar-refractivity contribution in [3.05, 3.63) is 35.5 Å². The van der Waals surface area contributed by atoms with Crippen molar-refractivity contribution in [3.8, 4) is 11.8 Å². The molecule has 40 heavy (non-hydrogen) atoms. The molecular weight excluding hydrogens is 519 g/mol. The van der Waals surface area contributed by atoms with Crippen molar-refractivity contribution in [1.29, 1.82) is 0 Å². The van der Waals surface area contributed by atoms with E-state index >= 15 is 4.39 Å². The van der Waals surface area contributed by atoms with Crippen molar-refractivity contribution in [2.75, 3.05) is 51.4 Å². The zero-order valence-electron chi connectivity index (χ0n) is 23.6. The van der Waals surface area contributed by atoms with E-state index in [-0.39, 0.29) is 31.2 Å². The second-order valence-corrected chi connectivity index (χ2v) is 11.4. The number of anilines is 1. The standard InChI is InChI=1S/C28H37FN6O5/c1-17-10-18-13-30-35(25-12-24(31-26(32-25)38-5)33-8-9-39-19(14-33)16-36)23(18)11-21(17)20-6-7-34(15-22(20)29)27(37)40-28(2,3)4/h10-13,19-20,22,36H,6-9,14-16H2,1-5H3/t19-,20-,22-/m1/s1. The van der Waals surface area contributed by atoms with Gasteiger partial charge in [-0.25, -0.2) is 13.9 Å². The van der Waals surface area contributed by atoms with Gasteiger partial charge in [0, 0.05) is 37.0 Å². The van der Waals surface area contributed by atoms with Crippen molar-refractivity contribution >= 4 is 22.8 Å². The third kappa shape index (κ3) is 5.83. The lowest BCUT2D eigenvalue weighted by Gasteiger charge is -2.36. The molecule has 2 aliphatic heterocycles. The predicted octanol–water partition coefficient (Wildman–Crippen LogP) is 3.39. The summed E-state index contributed by atoms with van der Waals surface area (Å²) in [4.78, 5) is 25.0. The van der Waals surface area contributed by atoms with Gasteiger partial charge in [0.15, 0.2) is 5.82 Å². The van der Waals surface area contributed by atoms with Crippen LogP contribution in [0.1, 0.15) is 44.2 Å². The van der Waals surface area contributed by atoms with E-state index in [1.54, 1.807) is 31.6 Å². The number of ether oxygens (including phenoxy) is 3. The predicted molar refractivity (Wildman–Crippen MR) is 147 cm³/mol. The summed E-state index contributed by atoms with van der Waals surface area (Å²) in [7, 11) is 1.51. The number of rotatable bonds is 5. The van der Waals surface area contributed by atoms with E-state index in [4.69, 9.17) is 14.2 Å². The van der Waals surface area contributed by atoms with Crippen LogP contribution >= 0.6 is 0 Å². The molecule has 216 valence electrons. The first-order valence-corrected chi connectivity index (χ1v) is 13.6. The maximum atomic E-state index is 15.6. The number of hydrogen-bond donors (Lipinski definition) is 1. The summed E-state index contributed by atoms with van der Waals surface area (Å²) < 4.78 is 33.7. The highest BCUT2D eigenvalue weighted by Gasteiger charge is 2.35. The summed E-state index contributed by atoms with van der Waals surface area (Å²) in [5, 5.41) is 15.1. The molecule has 3 aromatic rings. The van der Waals surface area contributed by atoms with E-state index in [9.17, 15) is 9.90 Å². The minimum Gasteiger partial charge on any atom is -0.467 e. The first kappa shape index (κ1) is 28.0. The zero-order valence-corrected chi connectivity index (χ0v) is 23.6. The number of carbonyl (C=O) groups excluding carboxylic acids is 1. The van der Waals surface area contributed by atoms with Crippen LogP contribution < -0.4 is 9.64 Å². The van der Waals surface area contributed by atoms with Crippen LogP contribution in [0, 0.1) is 6.92 Å². The number of piperidine rings is 1. The molecule has 12 heteroatoms. The van der Waals surface area contributed by atoms with E-state index in [2.05, 4.69) is 15.1 Å². The number of aromatic nitrogens is 4. The molecular formula is C28H37FN6O5. The number of likely N-dealkylation sites (tertiary alicyclic amines) is 1. The van der Waals surface area contributed by atoms with Gasteiger partial charge in [-0.2, -0.15) is 15.1 Å². The first-order chi connectivity index (χ1) is 19.1. The highest BCUT2D eigenvalue weighted by atomic mass is 19.1. The van der Waals surface area contributed by atoms with Gasteiger partial charge in [0.25, 0.3) is 0 Å². The molecule has 2 aromatic heterocycles. The molecule has 0 spiro atoms. The molecule has 0 unspecified atom stereocenters. The number of methoxy groups -OCH3 is 1. The maximum absolute atomic E-state index is 15.6. The van der Waals surface area contributed by atoms with Gasteiger partial charge in [0.05, 0.1) is 44.7 Å². The molecule has 5 rings (SSSR count). The number of amides is 1. The van der Waals surface area contributed by atoms with Gasteiger partial charge in [-0.05, 0) is 57.4 Å². The Morgan fingerprint density at radius 3 is 2.65 bits per heavy atom. The fourth-order valence-corrected chi connectivity index (χ4v) is 5.33. The van der Waals surface area contributed by atoms with Crippen LogP contribution in [-0.2, 0) is 9.47 Å². The van der Waals surface area contributed by atoms with Gasteiger partial charge < -0.3 is 29.1 Å². The summed E-state index contributed by atoms with van der Waals surface area (Å²) in [5.41, 5.74) is 2.00.